The number of thioether (sulfide) groups is 1. The summed E-state index contributed by atoms with van der Waals surface area (Å²) in [7, 11) is 0. The van der Waals surface area contributed by atoms with Gasteiger partial charge in [-0.25, -0.2) is 0 Å². The Morgan fingerprint density at radius 3 is 2.64 bits per heavy atom. The number of hydrogen-bond donors (Lipinski definition) is 1. The van der Waals surface area contributed by atoms with E-state index in [1.807, 2.05) is 31.2 Å². The Balaban J connectivity index is 1.29. The van der Waals surface area contributed by atoms with Gasteiger partial charge in [0.2, 0.25) is 11.8 Å². The summed E-state index contributed by atoms with van der Waals surface area (Å²) < 4.78 is 16.4. The first-order valence-electron chi connectivity index (χ1n) is 8.33. The molecule has 1 N–H and O–H groups in total. The smallest absolute Gasteiger partial charge is 0.277 e. The monoisotopic (exact) mass is 363 g/mol. The number of ether oxygens (including phenoxy) is 2. The molecular weight excluding hydrogens is 342 g/mol. The maximum atomic E-state index is 11.8. The fourth-order valence-corrected chi connectivity index (χ4v) is 2.71. The molecule has 1 heterocycles. The summed E-state index contributed by atoms with van der Waals surface area (Å²) in [4.78, 5) is 11.8. The van der Waals surface area contributed by atoms with Gasteiger partial charge >= 0.3 is 0 Å². The lowest BCUT2D eigenvalue weighted by Gasteiger charge is -2.08. The highest BCUT2D eigenvalue weighted by molar-refractivity contribution is 7.99. The lowest BCUT2D eigenvalue weighted by molar-refractivity contribution is -0.118. The van der Waals surface area contributed by atoms with Gasteiger partial charge in [-0.3, -0.25) is 4.79 Å². The Morgan fingerprint density at radius 2 is 1.96 bits per heavy atom. The van der Waals surface area contributed by atoms with Gasteiger partial charge < -0.3 is 19.2 Å². The highest BCUT2D eigenvalue weighted by atomic mass is 32.2. The standard InChI is InChI=1S/C17H21N3O4S/c1-2-22-13-5-7-14(8-6-13)23-10-9-18-15(21)11-25-17-20-19-16(24-17)12-3-4-12/h5-8,12H,2-4,9-11H2,1H3,(H,18,21). The van der Waals surface area contributed by atoms with Crippen LogP contribution in [0.1, 0.15) is 31.6 Å². The van der Waals surface area contributed by atoms with E-state index in [2.05, 4.69) is 15.5 Å². The molecule has 3 rings (SSSR count). The number of nitrogens with one attached hydrogen (secondary N) is 1. The molecule has 8 heteroatoms. The van der Waals surface area contributed by atoms with Crippen LogP contribution in [0, 0.1) is 0 Å². The Kier molecular flexibility index (Phi) is 6.16. The van der Waals surface area contributed by atoms with Crippen LogP contribution in [0.5, 0.6) is 11.5 Å². The number of carbonyl (C=O) groups excluding carboxylic acids is 1. The number of aromatic nitrogens is 2. The second-order valence-electron chi connectivity index (χ2n) is 5.57. The summed E-state index contributed by atoms with van der Waals surface area (Å²) in [6.45, 7) is 3.41. The van der Waals surface area contributed by atoms with Crippen molar-refractivity contribution < 1.29 is 18.7 Å². The Hall–Kier alpha value is -2.22. The minimum Gasteiger partial charge on any atom is -0.494 e. The molecule has 1 aromatic carbocycles. The molecule has 0 saturated heterocycles. The second-order valence-corrected chi connectivity index (χ2v) is 6.50. The minimum absolute atomic E-state index is 0.0912. The van der Waals surface area contributed by atoms with Gasteiger partial charge in [0, 0.05) is 5.92 Å². The van der Waals surface area contributed by atoms with Crippen LogP contribution in [0.25, 0.3) is 0 Å². The summed E-state index contributed by atoms with van der Waals surface area (Å²) in [5.41, 5.74) is 0. The lowest BCUT2D eigenvalue weighted by atomic mass is 10.3. The van der Waals surface area contributed by atoms with Crippen LogP contribution in [-0.2, 0) is 4.79 Å². The number of benzene rings is 1. The van der Waals surface area contributed by atoms with Crippen LogP contribution >= 0.6 is 11.8 Å². The van der Waals surface area contributed by atoms with Crippen molar-refractivity contribution in [2.75, 3.05) is 25.5 Å². The molecule has 0 radical (unpaired) electrons. The molecular formula is C17H21N3O4S. The van der Waals surface area contributed by atoms with Crippen LogP contribution in [0.2, 0.25) is 0 Å². The van der Waals surface area contributed by atoms with E-state index < -0.39 is 0 Å². The Morgan fingerprint density at radius 1 is 1.24 bits per heavy atom. The first kappa shape index (κ1) is 17.6. The van der Waals surface area contributed by atoms with Gasteiger partial charge in [-0.15, -0.1) is 10.2 Å². The van der Waals surface area contributed by atoms with Gasteiger partial charge in [-0.1, -0.05) is 11.8 Å². The molecule has 1 aliphatic rings. The first-order chi connectivity index (χ1) is 12.2. The minimum atomic E-state index is -0.0912. The van der Waals surface area contributed by atoms with Crippen molar-refractivity contribution in [2.45, 2.75) is 30.9 Å². The van der Waals surface area contributed by atoms with E-state index in [4.69, 9.17) is 13.9 Å². The third-order valence-corrected chi connectivity index (χ3v) is 4.32. The van der Waals surface area contributed by atoms with Gasteiger partial charge in [-0.2, -0.15) is 0 Å². The predicted molar refractivity (Wildman–Crippen MR) is 93.1 cm³/mol. The summed E-state index contributed by atoms with van der Waals surface area (Å²) in [6, 6.07) is 7.40. The molecule has 1 aromatic heterocycles. The zero-order chi connectivity index (χ0) is 17.5. The van der Waals surface area contributed by atoms with Crippen LogP contribution in [0.4, 0.5) is 0 Å². The molecule has 0 aliphatic heterocycles. The van der Waals surface area contributed by atoms with Crippen molar-refractivity contribution in [3.63, 3.8) is 0 Å². The largest absolute Gasteiger partial charge is 0.494 e. The Bertz CT molecular complexity index is 685. The molecule has 7 nitrogen and oxygen atoms in total. The summed E-state index contributed by atoms with van der Waals surface area (Å²) in [5, 5.41) is 11.2. The molecule has 1 amide bonds. The van der Waals surface area contributed by atoms with Crippen LogP contribution in [-0.4, -0.2) is 41.6 Å². The fourth-order valence-electron chi connectivity index (χ4n) is 2.11. The zero-order valence-corrected chi connectivity index (χ0v) is 14.9. The van der Waals surface area contributed by atoms with Gasteiger partial charge in [0.1, 0.15) is 18.1 Å². The van der Waals surface area contributed by atoms with Crippen LogP contribution < -0.4 is 14.8 Å². The van der Waals surface area contributed by atoms with Gasteiger partial charge in [-0.05, 0) is 44.0 Å². The van der Waals surface area contributed by atoms with Gasteiger partial charge in [0.15, 0.2) is 0 Å². The van der Waals surface area contributed by atoms with Crippen molar-refractivity contribution >= 4 is 17.7 Å². The topological polar surface area (TPSA) is 86.5 Å². The highest BCUT2D eigenvalue weighted by Crippen LogP contribution is 2.39. The third kappa shape index (κ3) is 5.67. The number of amides is 1. The second kappa shape index (κ2) is 8.75. The highest BCUT2D eigenvalue weighted by Gasteiger charge is 2.29. The summed E-state index contributed by atoms with van der Waals surface area (Å²) in [6.07, 6.45) is 2.22. The van der Waals surface area contributed by atoms with E-state index >= 15 is 0 Å². The van der Waals surface area contributed by atoms with E-state index in [0.717, 1.165) is 24.3 Å². The van der Waals surface area contributed by atoms with Crippen molar-refractivity contribution in [2.24, 2.45) is 0 Å². The number of hydrogen-bond acceptors (Lipinski definition) is 7. The molecule has 25 heavy (non-hydrogen) atoms. The summed E-state index contributed by atoms with van der Waals surface area (Å²) in [5.74, 6) is 2.82. The summed E-state index contributed by atoms with van der Waals surface area (Å²) >= 11 is 1.25. The molecule has 2 aromatic rings. The average Bonchev–Trinajstić information content (AvgIpc) is 3.37. The molecule has 0 spiro atoms. The Labute approximate surface area is 150 Å². The van der Waals surface area contributed by atoms with Crippen LogP contribution in [0.15, 0.2) is 33.9 Å². The molecule has 0 atom stereocenters. The molecule has 1 saturated carbocycles. The van der Waals surface area contributed by atoms with E-state index in [-0.39, 0.29) is 11.7 Å². The first-order valence-corrected chi connectivity index (χ1v) is 9.31. The predicted octanol–water partition coefficient (Wildman–Crippen LogP) is 2.63. The van der Waals surface area contributed by atoms with E-state index in [1.165, 1.54) is 11.8 Å². The number of rotatable bonds is 10. The molecule has 1 fully saturated rings. The van der Waals surface area contributed by atoms with Crippen molar-refractivity contribution in [1.82, 2.24) is 15.5 Å². The molecule has 0 bridgehead atoms. The van der Waals surface area contributed by atoms with Gasteiger partial charge in [0.25, 0.3) is 5.22 Å². The average molecular weight is 363 g/mol. The van der Waals surface area contributed by atoms with E-state index in [0.29, 0.717) is 36.8 Å². The van der Waals surface area contributed by atoms with Crippen molar-refractivity contribution in [1.29, 1.82) is 0 Å². The quantitative estimate of drug-likeness (QED) is 0.513. The SMILES string of the molecule is CCOc1ccc(OCCNC(=O)CSc2nnc(C3CC3)o2)cc1. The molecule has 0 unspecified atom stereocenters. The number of nitrogens with zero attached hydrogens (tertiary/aromatic N) is 2. The maximum absolute atomic E-state index is 11.8. The fraction of sp³-hybridized carbons (Fsp3) is 0.471. The molecule has 134 valence electrons. The van der Waals surface area contributed by atoms with E-state index in [1.54, 1.807) is 0 Å². The van der Waals surface area contributed by atoms with Gasteiger partial charge in [0.05, 0.1) is 18.9 Å². The third-order valence-electron chi connectivity index (χ3n) is 3.50. The lowest BCUT2D eigenvalue weighted by Crippen LogP contribution is -2.29. The maximum Gasteiger partial charge on any atom is 0.277 e. The van der Waals surface area contributed by atoms with Crippen molar-refractivity contribution in [3.8, 4) is 11.5 Å². The number of carbonyl (C=O) groups is 1. The zero-order valence-electron chi connectivity index (χ0n) is 14.1. The normalized spacial score (nSPS) is 13.5. The molecule has 1 aliphatic carbocycles. The van der Waals surface area contributed by atoms with Crippen LogP contribution in [0.3, 0.4) is 0 Å². The van der Waals surface area contributed by atoms with Crippen molar-refractivity contribution in [3.05, 3.63) is 30.2 Å². The van der Waals surface area contributed by atoms with E-state index in [9.17, 15) is 4.79 Å².